The largest absolute Gasteiger partial charge is 0.462 e. The van der Waals surface area contributed by atoms with Crippen LogP contribution in [0.4, 0.5) is 0 Å². The molecule has 0 amide bonds. The normalized spacial score (nSPS) is 17.9. The minimum atomic E-state index is -0.589. The number of hydrogen-bond acceptors (Lipinski definition) is 3. The molecule has 1 aliphatic heterocycles. The molecule has 43 heavy (non-hydrogen) atoms. The quantitative estimate of drug-likeness (QED) is 0.200. The first-order valence-corrected chi connectivity index (χ1v) is 15.3. The maximum atomic E-state index is 13.4. The van der Waals surface area contributed by atoms with Crippen LogP contribution in [0.2, 0.25) is 0 Å². The second kappa shape index (κ2) is 9.37. The van der Waals surface area contributed by atoms with E-state index in [9.17, 15) is 4.79 Å². The summed E-state index contributed by atoms with van der Waals surface area (Å²) in [4.78, 5) is 15.4. The Balaban J connectivity index is 1.46. The van der Waals surface area contributed by atoms with Gasteiger partial charge in [0.05, 0.1) is 5.57 Å². The topological polar surface area (TPSA) is 39.4 Å². The number of likely N-dealkylation sites (N-methyl/N-ethyl adjacent to an activating group) is 1. The van der Waals surface area contributed by atoms with E-state index in [2.05, 4.69) is 120 Å². The SMILES string of the molecule is CCn1c2ccccc2c2cc(C3(c4ccc5c(c4)c4ccccc4n5CC)C=CC(N(C)C)=C4C(=O)OCC43)ccc21. The molecule has 1 saturated heterocycles. The summed E-state index contributed by atoms with van der Waals surface area (Å²) in [6, 6.07) is 31.2. The van der Waals surface area contributed by atoms with Crippen LogP contribution in [0.3, 0.4) is 0 Å². The Morgan fingerprint density at radius 2 is 1.26 bits per heavy atom. The van der Waals surface area contributed by atoms with Gasteiger partial charge in [-0.15, -0.1) is 0 Å². The van der Waals surface area contributed by atoms with Crippen molar-refractivity contribution in [1.82, 2.24) is 14.0 Å². The molecule has 8 rings (SSSR count). The highest BCUT2D eigenvalue weighted by atomic mass is 16.5. The fourth-order valence-electron chi connectivity index (χ4n) is 7.98. The summed E-state index contributed by atoms with van der Waals surface area (Å²) in [6.45, 7) is 6.55. The summed E-state index contributed by atoms with van der Waals surface area (Å²) in [5, 5.41) is 4.98. The van der Waals surface area contributed by atoms with Crippen molar-refractivity contribution in [3.63, 3.8) is 0 Å². The van der Waals surface area contributed by atoms with E-state index >= 15 is 0 Å². The van der Waals surface area contributed by atoms with E-state index in [1.165, 1.54) is 54.7 Å². The molecule has 1 fully saturated rings. The second-order valence-electron chi connectivity index (χ2n) is 12.0. The Bertz CT molecular complexity index is 2050. The zero-order chi connectivity index (χ0) is 29.5. The Labute approximate surface area is 251 Å². The Morgan fingerprint density at radius 1 is 0.744 bits per heavy atom. The van der Waals surface area contributed by atoms with Gasteiger partial charge < -0.3 is 18.8 Å². The molecule has 0 N–H and O–H groups in total. The number of rotatable bonds is 5. The highest BCUT2D eigenvalue weighted by Crippen LogP contribution is 2.52. The summed E-state index contributed by atoms with van der Waals surface area (Å²) < 4.78 is 10.6. The Morgan fingerprint density at radius 3 is 1.77 bits per heavy atom. The minimum absolute atomic E-state index is 0.156. The van der Waals surface area contributed by atoms with Crippen LogP contribution in [0.5, 0.6) is 0 Å². The molecule has 0 saturated carbocycles. The van der Waals surface area contributed by atoms with Gasteiger partial charge in [-0.1, -0.05) is 54.6 Å². The van der Waals surface area contributed by atoms with Gasteiger partial charge in [-0.2, -0.15) is 0 Å². The predicted octanol–water partition coefficient (Wildman–Crippen LogP) is 7.79. The lowest BCUT2D eigenvalue weighted by Crippen LogP contribution is -2.39. The molecule has 1 unspecified atom stereocenters. The van der Waals surface area contributed by atoms with Gasteiger partial charge in [-0.3, -0.25) is 0 Å². The number of nitrogens with zero attached hydrogens (tertiary/aromatic N) is 3. The predicted molar refractivity (Wildman–Crippen MR) is 175 cm³/mol. The number of benzene rings is 4. The van der Waals surface area contributed by atoms with Gasteiger partial charge in [0, 0.05) is 87.8 Å². The summed E-state index contributed by atoms with van der Waals surface area (Å²) in [5.41, 5.74) is 8.39. The van der Waals surface area contributed by atoms with E-state index in [1.54, 1.807) is 0 Å². The summed E-state index contributed by atoms with van der Waals surface area (Å²) in [5.74, 6) is -0.369. The highest BCUT2D eigenvalue weighted by Gasteiger charge is 2.51. The summed E-state index contributed by atoms with van der Waals surface area (Å²) >= 11 is 0. The Kier molecular flexibility index (Phi) is 5.64. The molecule has 2 aromatic heterocycles. The number of esters is 1. The summed E-state index contributed by atoms with van der Waals surface area (Å²) in [6.07, 6.45) is 4.47. The molecule has 0 radical (unpaired) electrons. The molecule has 0 bridgehead atoms. The third-order valence-corrected chi connectivity index (χ3v) is 9.89. The number of para-hydroxylation sites is 2. The first-order chi connectivity index (χ1) is 21.0. The number of aromatic nitrogens is 2. The number of aryl methyl sites for hydroxylation is 2. The molecule has 1 atom stereocenters. The van der Waals surface area contributed by atoms with Crippen LogP contribution >= 0.6 is 0 Å². The maximum Gasteiger partial charge on any atom is 0.336 e. The lowest BCUT2D eigenvalue weighted by molar-refractivity contribution is -0.135. The smallest absolute Gasteiger partial charge is 0.336 e. The molecule has 214 valence electrons. The lowest BCUT2D eigenvalue weighted by Gasteiger charge is -2.40. The zero-order valence-corrected chi connectivity index (χ0v) is 25.1. The van der Waals surface area contributed by atoms with Crippen LogP contribution in [0, 0.1) is 5.92 Å². The molecular weight excluding hydrogens is 530 g/mol. The third-order valence-electron chi connectivity index (χ3n) is 9.89. The average molecular weight is 566 g/mol. The van der Waals surface area contributed by atoms with Gasteiger partial charge in [0.15, 0.2) is 0 Å². The molecule has 5 nitrogen and oxygen atoms in total. The van der Waals surface area contributed by atoms with E-state index < -0.39 is 5.41 Å². The molecule has 4 aromatic carbocycles. The van der Waals surface area contributed by atoms with E-state index in [-0.39, 0.29) is 11.9 Å². The van der Waals surface area contributed by atoms with Crippen molar-refractivity contribution in [2.24, 2.45) is 5.92 Å². The van der Waals surface area contributed by atoms with Gasteiger partial charge in [-0.05, 0) is 67.4 Å². The van der Waals surface area contributed by atoms with Crippen molar-refractivity contribution in [1.29, 1.82) is 0 Å². The van der Waals surface area contributed by atoms with Gasteiger partial charge in [0.25, 0.3) is 0 Å². The molecule has 3 heterocycles. The highest BCUT2D eigenvalue weighted by molar-refractivity contribution is 6.10. The monoisotopic (exact) mass is 565 g/mol. The van der Waals surface area contributed by atoms with Crippen molar-refractivity contribution < 1.29 is 9.53 Å². The first kappa shape index (κ1) is 25.9. The van der Waals surface area contributed by atoms with E-state index in [4.69, 9.17) is 4.74 Å². The second-order valence-corrected chi connectivity index (χ2v) is 12.0. The molecule has 6 aromatic rings. The fraction of sp³-hybridized carbons (Fsp3) is 0.237. The van der Waals surface area contributed by atoms with Crippen molar-refractivity contribution in [3.05, 3.63) is 119 Å². The third kappa shape index (κ3) is 3.42. The van der Waals surface area contributed by atoms with Crippen LogP contribution in [-0.2, 0) is 28.0 Å². The summed E-state index contributed by atoms with van der Waals surface area (Å²) in [7, 11) is 4.00. The fourth-order valence-corrected chi connectivity index (χ4v) is 7.98. The van der Waals surface area contributed by atoms with Crippen LogP contribution in [0.15, 0.2) is 108 Å². The van der Waals surface area contributed by atoms with E-state index in [0.29, 0.717) is 6.61 Å². The minimum Gasteiger partial charge on any atom is -0.462 e. The maximum absolute atomic E-state index is 13.4. The van der Waals surface area contributed by atoms with Crippen LogP contribution in [0.25, 0.3) is 43.6 Å². The number of fused-ring (bicyclic) bond motifs is 7. The van der Waals surface area contributed by atoms with Crippen LogP contribution < -0.4 is 0 Å². The lowest BCUT2D eigenvalue weighted by atomic mass is 9.61. The van der Waals surface area contributed by atoms with E-state index in [1.807, 2.05) is 19.0 Å². The standard InChI is InChI=1S/C38H35N3O2/c1-5-40-31-13-9-7-11-26(31)28-21-24(15-17-33(28)40)38(20-19-35(39(3)4)36-30(38)23-43-37(36)42)25-16-18-34-29(22-25)27-12-8-10-14-32(27)41(34)6-2/h7-22,30H,5-6,23H2,1-4H3. The molecule has 5 heteroatoms. The van der Waals surface area contributed by atoms with Crippen molar-refractivity contribution in [3.8, 4) is 0 Å². The number of ether oxygens (including phenoxy) is 1. The van der Waals surface area contributed by atoms with Gasteiger partial charge in [0.2, 0.25) is 0 Å². The molecule has 1 aliphatic carbocycles. The zero-order valence-electron chi connectivity index (χ0n) is 25.1. The number of carbonyl (C=O) groups excluding carboxylic acids is 1. The van der Waals surface area contributed by atoms with Crippen molar-refractivity contribution in [2.75, 3.05) is 20.7 Å². The molecule has 0 spiro atoms. The van der Waals surface area contributed by atoms with Gasteiger partial charge in [-0.25, -0.2) is 4.79 Å². The molecule has 2 aliphatic rings. The number of cyclic esters (lactones) is 1. The molecular formula is C38H35N3O2. The number of allylic oxidation sites excluding steroid dienone is 2. The average Bonchev–Trinajstić information content (AvgIpc) is 3.69. The van der Waals surface area contributed by atoms with Crippen LogP contribution in [0.1, 0.15) is 25.0 Å². The van der Waals surface area contributed by atoms with Crippen LogP contribution in [-0.4, -0.2) is 40.7 Å². The van der Waals surface area contributed by atoms with E-state index in [0.717, 1.165) is 24.4 Å². The van der Waals surface area contributed by atoms with Crippen molar-refractivity contribution in [2.45, 2.75) is 32.4 Å². The first-order valence-electron chi connectivity index (χ1n) is 15.3. The number of carbonyl (C=O) groups is 1. The van der Waals surface area contributed by atoms with Gasteiger partial charge >= 0.3 is 5.97 Å². The number of hydrogen-bond donors (Lipinski definition) is 0. The van der Waals surface area contributed by atoms with Crippen molar-refractivity contribution >= 4 is 49.6 Å². The van der Waals surface area contributed by atoms with Gasteiger partial charge in [0.1, 0.15) is 6.61 Å². The Hall–Kier alpha value is -4.77.